The molecule has 1 nitrogen and oxygen atoms in total. The van der Waals surface area contributed by atoms with Gasteiger partial charge in [-0.15, -0.1) is 12.4 Å². The normalized spacial score (nSPS) is 12.0. The van der Waals surface area contributed by atoms with Crippen molar-refractivity contribution >= 4 is 12.4 Å². The minimum Gasteiger partial charge on any atom is -0.314 e. The lowest BCUT2D eigenvalue weighted by Crippen LogP contribution is -2.27. The van der Waals surface area contributed by atoms with Crippen LogP contribution in [0.1, 0.15) is 19.4 Å². The minimum absolute atomic E-state index is 0. The Morgan fingerprint density at radius 2 is 2.00 bits per heavy atom. The second kappa shape index (κ2) is 6.75. The number of rotatable bonds is 4. The molecule has 0 saturated carbocycles. The van der Waals surface area contributed by atoms with Gasteiger partial charge in [-0.3, -0.25) is 0 Å². The summed E-state index contributed by atoms with van der Waals surface area (Å²) in [5, 5.41) is 3.18. The molecule has 4 heteroatoms. The Bertz CT molecular complexity index is 305. The molecule has 1 rings (SSSR count). The Balaban J connectivity index is 0.00000196. The summed E-state index contributed by atoms with van der Waals surface area (Å²) in [6, 6.07) is 3.92. The molecule has 1 N–H and O–H groups in total. The summed E-state index contributed by atoms with van der Waals surface area (Å²) in [4.78, 5) is 0. The summed E-state index contributed by atoms with van der Waals surface area (Å²) in [5.41, 5.74) is 0.555. The molecule has 0 heterocycles. The molecule has 0 amide bonds. The van der Waals surface area contributed by atoms with E-state index in [1.165, 1.54) is 12.1 Å². The Kier molecular flexibility index (Phi) is 6.45. The Hall–Kier alpha value is -0.670. The predicted octanol–water partition coefficient (Wildman–Crippen LogP) is 2.93. The highest BCUT2D eigenvalue weighted by Crippen LogP contribution is 2.11. The van der Waals surface area contributed by atoms with E-state index in [0.29, 0.717) is 12.0 Å². The van der Waals surface area contributed by atoms with Gasteiger partial charge in [0.15, 0.2) is 0 Å². The number of nitrogens with one attached hydrogen (secondary N) is 1. The van der Waals surface area contributed by atoms with Gasteiger partial charge in [0.2, 0.25) is 0 Å². The maximum absolute atomic E-state index is 13.2. The van der Waals surface area contributed by atoms with Gasteiger partial charge in [-0.25, -0.2) is 8.78 Å². The van der Waals surface area contributed by atoms with Gasteiger partial charge in [0.25, 0.3) is 0 Å². The van der Waals surface area contributed by atoms with Crippen molar-refractivity contribution in [2.75, 3.05) is 6.54 Å². The third kappa shape index (κ3) is 4.58. The topological polar surface area (TPSA) is 12.0 Å². The molecular formula is C11H16ClF2N. The standard InChI is InChI=1S/C11H15F2N.ClH/c1-3-14-8(2)6-9-4-5-10(12)7-11(9)13;/h4-5,7-8,14H,3,6H2,1-2H3;1H. The van der Waals surface area contributed by atoms with Crippen LogP contribution in [0.5, 0.6) is 0 Å². The van der Waals surface area contributed by atoms with E-state index >= 15 is 0 Å². The quantitative estimate of drug-likeness (QED) is 0.846. The molecule has 0 aromatic heterocycles. The zero-order valence-corrected chi connectivity index (χ0v) is 9.70. The van der Waals surface area contributed by atoms with Crippen LogP contribution >= 0.6 is 12.4 Å². The molecule has 86 valence electrons. The first-order chi connectivity index (χ1) is 6.63. The van der Waals surface area contributed by atoms with Crippen molar-refractivity contribution in [3.8, 4) is 0 Å². The summed E-state index contributed by atoms with van der Waals surface area (Å²) in [5.74, 6) is -0.989. The molecular weight excluding hydrogens is 220 g/mol. The van der Waals surface area contributed by atoms with Crippen LogP contribution in [0.4, 0.5) is 8.78 Å². The van der Waals surface area contributed by atoms with Crippen LogP contribution in [0.15, 0.2) is 18.2 Å². The van der Waals surface area contributed by atoms with Crippen LogP contribution in [-0.4, -0.2) is 12.6 Å². The molecule has 1 atom stereocenters. The highest BCUT2D eigenvalue weighted by atomic mass is 35.5. The lowest BCUT2D eigenvalue weighted by molar-refractivity contribution is 0.531. The lowest BCUT2D eigenvalue weighted by Gasteiger charge is -2.12. The third-order valence-electron chi connectivity index (χ3n) is 2.09. The van der Waals surface area contributed by atoms with E-state index in [9.17, 15) is 8.78 Å². The maximum atomic E-state index is 13.2. The molecule has 0 fully saturated rings. The number of hydrogen-bond donors (Lipinski definition) is 1. The summed E-state index contributed by atoms with van der Waals surface area (Å²) in [6.07, 6.45) is 0.583. The van der Waals surface area contributed by atoms with Crippen molar-refractivity contribution in [1.29, 1.82) is 0 Å². The predicted molar refractivity (Wildman–Crippen MR) is 60.4 cm³/mol. The number of benzene rings is 1. The van der Waals surface area contributed by atoms with Gasteiger partial charge < -0.3 is 5.32 Å². The monoisotopic (exact) mass is 235 g/mol. The van der Waals surface area contributed by atoms with Gasteiger partial charge in [-0.2, -0.15) is 0 Å². The molecule has 1 aromatic carbocycles. The first kappa shape index (κ1) is 14.3. The zero-order chi connectivity index (χ0) is 10.6. The number of halogens is 3. The fourth-order valence-corrected chi connectivity index (χ4v) is 1.44. The summed E-state index contributed by atoms with van der Waals surface area (Å²) >= 11 is 0. The van der Waals surface area contributed by atoms with Gasteiger partial charge in [0.1, 0.15) is 11.6 Å². The van der Waals surface area contributed by atoms with Crippen molar-refractivity contribution < 1.29 is 8.78 Å². The Labute approximate surface area is 95.3 Å². The molecule has 1 aromatic rings. The molecule has 0 saturated heterocycles. The van der Waals surface area contributed by atoms with Crippen LogP contribution < -0.4 is 5.32 Å². The first-order valence-electron chi connectivity index (χ1n) is 4.80. The zero-order valence-electron chi connectivity index (χ0n) is 8.89. The molecule has 0 aliphatic heterocycles. The Morgan fingerprint density at radius 1 is 1.33 bits per heavy atom. The second-order valence-electron chi connectivity index (χ2n) is 3.40. The summed E-state index contributed by atoms with van der Waals surface area (Å²) < 4.78 is 25.8. The lowest BCUT2D eigenvalue weighted by atomic mass is 10.1. The van der Waals surface area contributed by atoms with E-state index in [1.54, 1.807) is 0 Å². The molecule has 0 radical (unpaired) electrons. The van der Waals surface area contributed by atoms with Crippen LogP contribution in [0.3, 0.4) is 0 Å². The molecule has 1 unspecified atom stereocenters. The van der Waals surface area contributed by atoms with Crippen LogP contribution in [0.25, 0.3) is 0 Å². The van der Waals surface area contributed by atoms with E-state index in [-0.39, 0.29) is 18.4 Å². The third-order valence-corrected chi connectivity index (χ3v) is 2.09. The summed E-state index contributed by atoms with van der Waals surface area (Å²) in [7, 11) is 0. The van der Waals surface area contributed by atoms with Gasteiger partial charge >= 0.3 is 0 Å². The second-order valence-corrected chi connectivity index (χ2v) is 3.40. The molecule has 0 aliphatic rings. The fourth-order valence-electron chi connectivity index (χ4n) is 1.44. The number of hydrogen-bond acceptors (Lipinski definition) is 1. The smallest absolute Gasteiger partial charge is 0.129 e. The fraction of sp³-hybridized carbons (Fsp3) is 0.455. The van der Waals surface area contributed by atoms with E-state index in [0.717, 1.165) is 12.6 Å². The van der Waals surface area contributed by atoms with Crippen LogP contribution in [0.2, 0.25) is 0 Å². The van der Waals surface area contributed by atoms with E-state index in [1.807, 2.05) is 13.8 Å². The largest absolute Gasteiger partial charge is 0.314 e. The highest BCUT2D eigenvalue weighted by molar-refractivity contribution is 5.85. The first-order valence-corrected chi connectivity index (χ1v) is 4.80. The van der Waals surface area contributed by atoms with E-state index in [4.69, 9.17) is 0 Å². The minimum atomic E-state index is -0.526. The molecule has 0 spiro atoms. The van der Waals surface area contributed by atoms with E-state index < -0.39 is 11.6 Å². The van der Waals surface area contributed by atoms with Crippen molar-refractivity contribution in [2.24, 2.45) is 0 Å². The molecule has 0 bridgehead atoms. The molecule has 15 heavy (non-hydrogen) atoms. The van der Waals surface area contributed by atoms with Gasteiger partial charge in [-0.1, -0.05) is 13.0 Å². The van der Waals surface area contributed by atoms with Crippen molar-refractivity contribution in [1.82, 2.24) is 5.32 Å². The summed E-state index contributed by atoms with van der Waals surface area (Å²) in [6.45, 7) is 4.83. The average molecular weight is 236 g/mol. The van der Waals surface area contributed by atoms with Crippen molar-refractivity contribution in [2.45, 2.75) is 26.3 Å². The van der Waals surface area contributed by atoms with Gasteiger partial charge in [-0.05, 0) is 31.5 Å². The van der Waals surface area contributed by atoms with E-state index in [2.05, 4.69) is 5.32 Å². The van der Waals surface area contributed by atoms with Gasteiger partial charge in [0, 0.05) is 12.1 Å². The van der Waals surface area contributed by atoms with Crippen LogP contribution in [0, 0.1) is 11.6 Å². The van der Waals surface area contributed by atoms with Crippen molar-refractivity contribution in [3.05, 3.63) is 35.4 Å². The van der Waals surface area contributed by atoms with Gasteiger partial charge in [0.05, 0.1) is 0 Å². The maximum Gasteiger partial charge on any atom is 0.129 e. The highest BCUT2D eigenvalue weighted by Gasteiger charge is 2.07. The Morgan fingerprint density at radius 3 is 2.53 bits per heavy atom. The number of likely N-dealkylation sites (N-methyl/N-ethyl adjacent to an activating group) is 1. The SMILES string of the molecule is CCNC(C)Cc1ccc(F)cc1F.Cl. The molecule has 0 aliphatic carbocycles. The van der Waals surface area contributed by atoms with Crippen LogP contribution in [-0.2, 0) is 6.42 Å². The van der Waals surface area contributed by atoms with Crippen molar-refractivity contribution in [3.63, 3.8) is 0 Å². The average Bonchev–Trinajstić information content (AvgIpc) is 2.10.